The van der Waals surface area contributed by atoms with Gasteiger partial charge in [0.25, 0.3) is 0 Å². The Balaban J connectivity index is 3.56. The highest BCUT2D eigenvalue weighted by Crippen LogP contribution is 2.40. The van der Waals surface area contributed by atoms with Crippen molar-refractivity contribution in [3.8, 4) is 0 Å². The molecule has 0 spiro atoms. The molecule has 1 aromatic rings. The molecule has 0 aromatic heterocycles. The average Bonchev–Trinajstić information content (AvgIpc) is 2.18. The summed E-state index contributed by atoms with van der Waals surface area (Å²) >= 11 is 11.2. The Morgan fingerprint density at radius 1 is 1.38 bits per heavy atom. The lowest BCUT2D eigenvalue weighted by Gasteiger charge is -2.14. The van der Waals surface area contributed by atoms with Gasteiger partial charge in [-0.1, -0.05) is 43.5 Å². The van der Waals surface area contributed by atoms with Crippen LogP contribution >= 0.6 is 43.5 Å². The monoisotopic (exact) mass is 378 g/mol. The number of halogens is 6. The van der Waals surface area contributed by atoms with Crippen LogP contribution in [0.5, 0.6) is 0 Å². The minimum atomic E-state index is -4.63. The van der Waals surface area contributed by atoms with E-state index in [0.717, 1.165) is 6.07 Å². The molecule has 0 aliphatic heterocycles. The van der Waals surface area contributed by atoms with Gasteiger partial charge < -0.3 is 0 Å². The molecule has 0 fully saturated rings. The van der Waals surface area contributed by atoms with Crippen molar-refractivity contribution in [3.63, 3.8) is 0 Å². The van der Waals surface area contributed by atoms with Crippen LogP contribution in [0.3, 0.4) is 0 Å². The number of alkyl halides is 4. The fourth-order valence-electron chi connectivity index (χ4n) is 1.17. The Morgan fingerprint density at radius 2 is 1.94 bits per heavy atom. The first-order valence-electron chi connectivity index (χ1n) is 3.93. The van der Waals surface area contributed by atoms with E-state index in [0.29, 0.717) is 0 Å². The fourth-order valence-corrected chi connectivity index (χ4v) is 2.27. The molecular weight excluding hydrogens is 376 g/mol. The van der Waals surface area contributed by atoms with E-state index in [2.05, 4.69) is 31.9 Å². The van der Waals surface area contributed by atoms with Crippen molar-refractivity contribution in [1.29, 1.82) is 0 Å². The number of hydrogen-bond donors (Lipinski definition) is 0. The van der Waals surface area contributed by atoms with Crippen LogP contribution in [0.1, 0.15) is 15.9 Å². The lowest BCUT2D eigenvalue weighted by molar-refractivity contribution is -0.138. The molecule has 16 heavy (non-hydrogen) atoms. The maximum atomic E-state index is 12.7. The van der Waals surface area contributed by atoms with Gasteiger partial charge in [0.15, 0.2) is 5.78 Å². The van der Waals surface area contributed by atoms with Crippen LogP contribution in [0.4, 0.5) is 13.2 Å². The second-order valence-corrected chi connectivity index (χ2v) is 4.66. The van der Waals surface area contributed by atoms with E-state index in [4.69, 9.17) is 11.6 Å². The summed E-state index contributed by atoms with van der Waals surface area (Å²) in [6.07, 6.45) is -4.63. The standard InChI is InChI=1S/C9H4Br2ClF3O/c10-3-6(16)7-5(12)2-1-4(11)8(7)9(13,14)15/h1-2H,3H2. The average molecular weight is 380 g/mol. The van der Waals surface area contributed by atoms with Crippen LogP contribution in [-0.2, 0) is 6.18 Å². The zero-order valence-corrected chi connectivity index (χ0v) is 11.5. The molecule has 0 saturated heterocycles. The third-order valence-electron chi connectivity index (χ3n) is 1.79. The largest absolute Gasteiger partial charge is 0.418 e. The number of carbonyl (C=O) groups is 1. The van der Waals surface area contributed by atoms with Crippen molar-refractivity contribution in [2.75, 3.05) is 5.33 Å². The van der Waals surface area contributed by atoms with E-state index in [1.165, 1.54) is 6.07 Å². The molecule has 0 N–H and O–H groups in total. The predicted octanol–water partition coefficient (Wildman–Crippen LogP) is 4.70. The number of hydrogen-bond acceptors (Lipinski definition) is 1. The molecular formula is C9H4Br2ClF3O. The van der Waals surface area contributed by atoms with Crippen molar-refractivity contribution in [1.82, 2.24) is 0 Å². The number of Topliss-reactive ketones (excluding diaryl/α,β-unsaturated/α-hetero) is 1. The molecule has 0 aliphatic carbocycles. The highest BCUT2D eigenvalue weighted by molar-refractivity contribution is 9.10. The van der Waals surface area contributed by atoms with Crippen LogP contribution in [0.15, 0.2) is 16.6 Å². The van der Waals surface area contributed by atoms with E-state index in [1.54, 1.807) is 0 Å². The first-order valence-corrected chi connectivity index (χ1v) is 6.22. The van der Waals surface area contributed by atoms with E-state index in [-0.39, 0.29) is 14.8 Å². The molecule has 0 saturated carbocycles. The summed E-state index contributed by atoms with van der Waals surface area (Å²) in [4.78, 5) is 11.4. The van der Waals surface area contributed by atoms with Crippen molar-refractivity contribution in [2.24, 2.45) is 0 Å². The Labute approximate surface area is 111 Å². The zero-order chi connectivity index (χ0) is 12.5. The zero-order valence-electron chi connectivity index (χ0n) is 7.54. The van der Waals surface area contributed by atoms with Crippen molar-refractivity contribution in [2.45, 2.75) is 6.18 Å². The predicted molar refractivity (Wildman–Crippen MR) is 62.3 cm³/mol. The fraction of sp³-hybridized carbons (Fsp3) is 0.222. The summed E-state index contributed by atoms with van der Waals surface area (Å²) in [6, 6.07) is 2.41. The summed E-state index contributed by atoms with van der Waals surface area (Å²) in [6.45, 7) is 0. The van der Waals surface area contributed by atoms with E-state index in [9.17, 15) is 18.0 Å². The number of rotatable bonds is 2. The number of ketones is 1. The summed E-state index contributed by atoms with van der Waals surface area (Å²) in [5.74, 6) is -0.710. The maximum Gasteiger partial charge on any atom is 0.418 e. The SMILES string of the molecule is O=C(CBr)c1c(Cl)ccc(Br)c1C(F)(F)F. The quantitative estimate of drug-likeness (QED) is 0.537. The van der Waals surface area contributed by atoms with Crippen molar-refractivity contribution >= 4 is 49.2 Å². The Bertz CT molecular complexity index is 431. The Kier molecular flexibility index (Phi) is 4.42. The Morgan fingerprint density at radius 3 is 2.38 bits per heavy atom. The summed E-state index contributed by atoms with van der Waals surface area (Å²) < 4.78 is 38.0. The first kappa shape index (κ1) is 14.0. The third-order valence-corrected chi connectivity index (χ3v) is 3.27. The Hall–Kier alpha value is -0.0700. The highest BCUT2D eigenvalue weighted by atomic mass is 79.9. The molecule has 1 rings (SSSR count). The van der Waals surface area contributed by atoms with Gasteiger partial charge in [-0.25, -0.2) is 0 Å². The minimum absolute atomic E-state index is 0.200. The van der Waals surface area contributed by atoms with Crippen molar-refractivity contribution in [3.05, 3.63) is 32.8 Å². The van der Waals surface area contributed by atoms with Crippen LogP contribution in [0, 0.1) is 0 Å². The van der Waals surface area contributed by atoms with Crippen LogP contribution in [0.2, 0.25) is 5.02 Å². The van der Waals surface area contributed by atoms with E-state index >= 15 is 0 Å². The molecule has 0 radical (unpaired) electrons. The lowest BCUT2D eigenvalue weighted by atomic mass is 10.0. The van der Waals surface area contributed by atoms with Crippen LogP contribution < -0.4 is 0 Å². The number of benzene rings is 1. The summed E-state index contributed by atoms with van der Waals surface area (Å²) in [5, 5.41) is -0.424. The van der Waals surface area contributed by atoms with Crippen LogP contribution in [-0.4, -0.2) is 11.1 Å². The minimum Gasteiger partial charge on any atom is -0.293 e. The van der Waals surface area contributed by atoms with E-state index in [1.807, 2.05) is 0 Å². The molecule has 0 bridgehead atoms. The third kappa shape index (κ3) is 2.78. The van der Waals surface area contributed by atoms with Gasteiger partial charge in [0.2, 0.25) is 0 Å². The van der Waals surface area contributed by atoms with Gasteiger partial charge in [-0.2, -0.15) is 13.2 Å². The molecule has 1 nitrogen and oxygen atoms in total. The first-order chi connectivity index (χ1) is 7.29. The lowest BCUT2D eigenvalue weighted by Crippen LogP contribution is -2.15. The second-order valence-electron chi connectivity index (χ2n) is 2.83. The van der Waals surface area contributed by atoms with Gasteiger partial charge in [0.05, 0.1) is 21.5 Å². The van der Waals surface area contributed by atoms with Gasteiger partial charge in [0.1, 0.15) is 0 Å². The molecule has 0 aliphatic rings. The van der Waals surface area contributed by atoms with E-state index < -0.39 is 23.1 Å². The smallest absolute Gasteiger partial charge is 0.293 e. The summed E-state index contributed by atoms with van der Waals surface area (Å²) in [7, 11) is 0. The molecule has 7 heteroatoms. The molecule has 0 unspecified atom stereocenters. The number of carbonyl (C=O) groups excluding carboxylic acids is 1. The summed E-state index contributed by atoms with van der Waals surface area (Å²) in [5.41, 5.74) is -1.55. The second kappa shape index (κ2) is 5.06. The van der Waals surface area contributed by atoms with Gasteiger partial charge in [-0.15, -0.1) is 0 Å². The highest BCUT2D eigenvalue weighted by Gasteiger charge is 2.38. The molecule has 88 valence electrons. The molecule has 0 atom stereocenters. The van der Waals surface area contributed by atoms with Gasteiger partial charge in [0, 0.05) is 4.47 Å². The van der Waals surface area contributed by atoms with Crippen molar-refractivity contribution < 1.29 is 18.0 Å². The topological polar surface area (TPSA) is 17.1 Å². The van der Waals surface area contributed by atoms with Crippen LogP contribution in [0.25, 0.3) is 0 Å². The maximum absolute atomic E-state index is 12.7. The normalized spacial score (nSPS) is 11.6. The van der Waals surface area contributed by atoms with Gasteiger partial charge >= 0.3 is 6.18 Å². The van der Waals surface area contributed by atoms with Gasteiger partial charge in [-0.05, 0) is 12.1 Å². The van der Waals surface area contributed by atoms with Gasteiger partial charge in [-0.3, -0.25) is 4.79 Å². The molecule has 0 amide bonds. The molecule has 1 aromatic carbocycles. The molecule has 0 heterocycles.